The Balaban J connectivity index is 1.79. The fraction of sp³-hybridized carbons (Fsp3) is 0.240. The van der Waals surface area contributed by atoms with Crippen LogP contribution in [-0.4, -0.2) is 38.0 Å². The minimum atomic E-state index is -0.835. The van der Waals surface area contributed by atoms with Crippen molar-refractivity contribution in [2.75, 3.05) is 5.73 Å². The number of carbonyl (C=O) groups is 1. The molecule has 0 unspecified atom stereocenters. The van der Waals surface area contributed by atoms with Crippen molar-refractivity contribution in [1.29, 1.82) is 5.26 Å². The van der Waals surface area contributed by atoms with E-state index in [-0.39, 0.29) is 24.3 Å². The summed E-state index contributed by atoms with van der Waals surface area (Å²) in [6.45, 7) is 4.20. The van der Waals surface area contributed by atoms with Crippen molar-refractivity contribution < 1.29 is 9.90 Å². The number of nitrogens with zero attached hydrogens (tertiary/aromatic N) is 6. The normalized spacial score (nSPS) is 12.0. The molecule has 0 atom stereocenters. The number of nitriles is 1. The quantitative estimate of drug-likeness (QED) is 0.243. The molecule has 3 rings (SSSR count). The molecule has 0 saturated carbocycles. The fourth-order valence-electron chi connectivity index (χ4n) is 3.38. The van der Waals surface area contributed by atoms with Crippen LogP contribution in [0.3, 0.4) is 0 Å². The van der Waals surface area contributed by atoms with Crippen molar-refractivity contribution in [1.82, 2.24) is 15.0 Å². The second-order valence-electron chi connectivity index (χ2n) is 8.47. The number of hydrogen-bond acceptors (Lipinski definition) is 9. The van der Waals surface area contributed by atoms with Gasteiger partial charge in [0.2, 0.25) is 5.95 Å². The zero-order valence-electron chi connectivity index (χ0n) is 19.5. The van der Waals surface area contributed by atoms with Gasteiger partial charge in [-0.25, -0.2) is 9.97 Å². The highest BCUT2D eigenvalue weighted by molar-refractivity contribution is 6.37. The number of nitrogens with two attached hydrogens (primary N) is 2. The van der Waals surface area contributed by atoms with Gasteiger partial charge in [-0.2, -0.15) is 10.4 Å². The van der Waals surface area contributed by atoms with Crippen molar-refractivity contribution >= 4 is 23.8 Å². The van der Waals surface area contributed by atoms with Crippen LogP contribution in [0.1, 0.15) is 49.3 Å². The van der Waals surface area contributed by atoms with Crippen LogP contribution in [0.2, 0.25) is 0 Å². The average Bonchev–Trinajstić information content (AvgIpc) is 2.85. The topological polar surface area (TPSA) is 177 Å². The minimum absolute atomic E-state index is 0.0346. The SMILES string of the molecule is CC(C)(CCC(=O)O)c1cccc(CN=CC(=NN)c2cc(-c3cccc(C#N)c3)nc(N)n2)n1. The smallest absolute Gasteiger partial charge is 0.303 e. The van der Waals surface area contributed by atoms with E-state index in [2.05, 4.69) is 31.1 Å². The van der Waals surface area contributed by atoms with E-state index in [1.165, 1.54) is 6.21 Å². The number of hydrogen-bond donors (Lipinski definition) is 3. The van der Waals surface area contributed by atoms with Gasteiger partial charge in [-0.15, -0.1) is 0 Å². The van der Waals surface area contributed by atoms with E-state index < -0.39 is 5.97 Å². The molecule has 10 nitrogen and oxygen atoms in total. The molecule has 0 amide bonds. The lowest BCUT2D eigenvalue weighted by Gasteiger charge is -2.23. The highest BCUT2D eigenvalue weighted by atomic mass is 16.4. The molecule has 2 heterocycles. The molecule has 0 spiro atoms. The van der Waals surface area contributed by atoms with Gasteiger partial charge in [-0.05, 0) is 36.8 Å². The zero-order valence-corrected chi connectivity index (χ0v) is 19.5. The van der Waals surface area contributed by atoms with Crippen LogP contribution in [0, 0.1) is 11.3 Å². The highest BCUT2D eigenvalue weighted by Gasteiger charge is 2.23. The maximum absolute atomic E-state index is 11.0. The van der Waals surface area contributed by atoms with Gasteiger partial charge in [0.05, 0.1) is 41.5 Å². The van der Waals surface area contributed by atoms with Gasteiger partial charge >= 0.3 is 5.97 Å². The lowest BCUT2D eigenvalue weighted by atomic mass is 9.84. The third-order valence-electron chi connectivity index (χ3n) is 5.36. The molecule has 3 aromatic rings. The molecule has 0 saturated heterocycles. The molecule has 0 fully saturated rings. The molecular formula is C25H26N8O2. The van der Waals surface area contributed by atoms with Crippen LogP contribution < -0.4 is 11.6 Å². The van der Waals surface area contributed by atoms with Crippen molar-refractivity contribution in [3.63, 3.8) is 0 Å². The summed E-state index contributed by atoms with van der Waals surface area (Å²) in [5.74, 6) is 4.80. The van der Waals surface area contributed by atoms with Crippen molar-refractivity contribution in [3.05, 3.63) is 71.2 Å². The highest BCUT2D eigenvalue weighted by Crippen LogP contribution is 2.27. The minimum Gasteiger partial charge on any atom is -0.481 e. The molecule has 0 aliphatic heterocycles. The number of carboxylic acids is 1. The maximum Gasteiger partial charge on any atom is 0.303 e. The summed E-state index contributed by atoms with van der Waals surface area (Å²) in [7, 11) is 0. The number of nitrogen functional groups attached to an aromatic ring is 1. The number of hydrazone groups is 1. The van der Waals surface area contributed by atoms with Crippen LogP contribution >= 0.6 is 0 Å². The van der Waals surface area contributed by atoms with Crippen molar-refractivity contribution in [2.24, 2.45) is 15.9 Å². The Hall–Kier alpha value is -4.65. The second kappa shape index (κ2) is 11.0. The molecule has 0 aliphatic rings. The Labute approximate surface area is 203 Å². The lowest BCUT2D eigenvalue weighted by molar-refractivity contribution is -0.137. The molecule has 0 aliphatic carbocycles. The molecular weight excluding hydrogens is 444 g/mol. The van der Waals surface area contributed by atoms with Gasteiger partial charge in [0.15, 0.2) is 0 Å². The summed E-state index contributed by atoms with van der Waals surface area (Å²) in [6.07, 6.45) is 2.03. The van der Waals surface area contributed by atoms with Gasteiger partial charge in [0, 0.05) is 23.1 Å². The van der Waals surface area contributed by atoms with Gasteiger partial charge < -0.3 is 16.7 Å². The van der Waals surface area contributed by atoms with Gasteiger partial charge in [0.25, 0.3) is 0 Å². The predicted octanol–water partition coefficient (Wildman–Crippen LogP) is 3.07. The molecule has 0 bridgehead atoms. The van der Waals surface area contributed by atoms with E-state index in [9.17, 15) is 4.79 Å². The standard InChI is InChI=1S/C25H26N8O2/c1-25(2,10-9-23(34)35)22-8-4-7-18(30-22)14-29-15-21(33-28)20-12-19(31-24(27)32-20)17-6-3-5-16(11-17)13-26/h3-8,11-12,15H,9-10,14,28H2,1-2H3,(H,34,35)(H2,27,31,32). The largest absolute Gasteiger partial charge is 0.481 e. The lowest BCUT2D eigenvalue weighted by Crippen LogP contribution is -2.20. The average molecular weight is 471 g/mol. The molecule has 10 heteroatoms. The van der Waals surface area contributed by atoms with Crippen molar-refractivity contribution in [3.8, 4) is 17.3 Å². The van der Waals surface area contributed by atoms with Gasteiger partial charge in [0.1, 0.15) is 5.71 Å². The van der Waals surface area contributed by atoms with E-state index >= 15 is 0 Å². The maximum atomic E-state index is 11.0. The van der Waals surface area contributed by atoms with Crippen LogP contribution in [0.4, 0.5) is 5.95 Å². The van der Waals surface area contributed by atoms with Gasteiger partial charge in [-0.1, -0.05) is 32.0 Å². The van der Waals surface area contributed by atoms with Crippen LogP contribution in [0.5, 0.6) is 0 Å². The Morgan fingerprint density at radius 2 is 1.94 bits per heavy atom. The van der Waals surface area contributed by atoms with E-state index in [4.69, 9.17) is 21.9 Å². The fourth-order valence-corrected chi connectivity index (χ4v) is 3.38. The molecule has 35 heavy (non-hydrogen) atoms. The number of rotatable bonds is 9. The predicted molar refractivity (Wildman–Crippen MR) is 134 cm³/mol. The molecule has 5 N–H and O–H groups in total. The van der Waals surface area contributed by atoms with Crippen molar-refractivity contribution in [2.45, 2.75) is 38.6 Å². The summed E-state index contributed by atoms with van der Waals surface area (Å²) in [5, 5.41) is 21.9. The summed E-state index contributed by atoms with van der Waals surface area (Å²) < 4.78 is 0. The molecule has 178 valence electrons. The number of aliphatic carboxylic acids is 1. The summed E-state index contributed by atoms with van der Waals surface area (Å²) in [6, 6.07) is 16.4. The Morgan fingerprint density at radius 1 is 1.17 bits per heavy atom. The first-order valence-electron chi connectivity index (χ1n) is 10.8. The number of aliphatic imine (C=N–C) groups is 1. The third kappa shape index (κ3) is 6.68. The Bertz CT molecular complexity index is 1330. The Morgan fingerprint density at radius 3 is 2.66 bits per heavy atom. The second-order valence-corrected chi connectivity index (χ2v) is 8.47. The summed E-state index contributed by atoms with van der Waals surface area (Å²) in [4.78, 5) is 28.5. The number of benzene rings is 1. The van der Waals surface area contributed by atoms with Crippen LogP contribution in [-0.2, 0) is 16.8 Å². The monoisotopic (exact) mass is 470 g/mol. The number of aromatic nitrogens is 3. The Kier molecular flexibility index (Phi) is 7.84. The molecule has 1 aromatic carbocycles. The van der Waals surface area contributed by atoms with E-state index in [1.807, 2.05) is 38.1 Å². The number of anilines is 1. The molecule has 0 radical (unpaired) electrons. The third-order valence-corrected chi connectivity index (χ3v) is 5.36. The number of pyridine rings is 1. The summed E-state index contributed by atoms with van der Waals surface area (Å²) >= 11 is 0. The first-order valence-corrected chi connectivity index (χ1v) is 10.8. The summed E-state index contributed by atoms with van der Waals surface area (Å²) in [5.41, 5.74) is 9.45. The van der Waals surface area contributed by atoms with E-state index in [0.717, 1.165) is 11.4 Å². The number of carboxylic acid groups (broad SMARTS) is 1. The van der Waals surface area contributed by atoms with E-state index in [0.29, 0.717) is 34.6 Å². The van der Waals surface area contributed by atoms with Crippen LogP contribution in [0.25, 0.3) is 11.3 Å². The van der Waals surface area contributed by atoms with Crippen LogP contribution in [0.15, 0.2) is 58.6 Å². The van der Waals surface area contributed by atoms with Gasteiger partial charge in [-0.3, -0.25) is 14.8 Å². The first kappa shape index (κ1) is 25.0. The van der Waals surface area contributed by atoms with E-state index in [1.54, 1.807) is 24.3 Å². The first-order chi connectivity index (χ1) is 16.7. The zero-order chi connectivity index (χ0) is 25.4. The molecule has 2 aromatic heterocycles.